The van der Waals surface area contributed by atoms with Crippen LogP contribution in [0.4, 0.5) is 0 Å². The first-order valence-corrected chi connectivity index (χ1v) is 9.47. The van der Waals surface area contributed by atoms with E-state index in [2.05, 4.69) is 13.2 Å². The summed E-state index contributed by atoms with van der Waals surface area (Å²) in [5.41, 5.74) is 1.18. The summed E-state index contributed by atoms with van der Waals surface area (Å²) >= 11 is 0. The van der Waals surface area contributed by atoms with Crippen LogP contribution in [0.25, 0.3) is 0 Å². The van der Waals surface area contributed by atoms with Crippen molar-refractivity contribution in [3.8, 4) is 5.75 Å². The normalized spacial score (nSPS) is 12.2. The van der Waals surface area contributed by atoms with Crippen LogP contribution in [-0.2, 0) is 25.5 Å². The number of hydrogen-bond acceptors (Lipinski definition) is 5. The van der Waals surface area contributed by atoms with E-state index in [1.54, 1.807) is 63.3 Å². The van der Waals surface area contributed by atoms with Crippen LogP contribution in [0.15, 0.2) is 73.1 Å². The Labute approximate surface area is 173 Å². The van der Waals surface area contributed by atoms with Crippen LogP contribution in [0.5, 0.6) is 5.75 Å². The van der Waals surface area contributed by atoms with Gasteiger partial charge in [0.25, 0.3) is 0 Å². The molecule has 0 aliphatic carbocycles. The second-order valence-electron chi connectivity index (χ2n) is 7.50. The maximum Gasteiger partial charge on any atom is 0.316 e. The number of rotatable bonds is 10. The fourth-order valence-electron chi connectivity index (χ4n) is 2.11. The first kappa shape index (κ1) is 24.0. The monoisotopic (exact) mass is 398 g/mol. The van der Waals surface area contributed by atoms with Gasteiger partial charge < -0.3 is 14.6 Å². The van der Waals surface area contributed by atoms with Gasteiger partial charge in [-0.1, -0.05) is 37.4 Å². The molecule has 0 aliphatic rings. The molecule has 1 rings (SSSR count). The summed E-state index contributed by atoms with van der Waals surface area (Å²) in [6.07, 6.45) is 7.72. The average molecular weight is 398 g/mol. The SMILES string of the molecule is C=C/C(=C\C=C(/C=C)OC(=O)C(C)(C)C)CCC(=O)OCCc1ccc(O)cc1. The second-order valence-corrected chi connectivity index (χ2v) is 7.50. The molecule has 0 heterocycles. The summed E-state index contributed by atoms with van der Waals surface area (Å²) < 4.78 is 10.5. The van der Waals surface area contributed by atoms with Gasteiger partial charge in [0.15, 0.2) is 0 Å². The minimum absolute atomic E-state index is 0.205. The van der Waals surface area contributed by atoms with Gasteiger partial charge >= 0.3 is 11.9 Å². The fraction of sp³-hybridized carbons (Fsp3) is 0.333. The first-order chi connectivity index (χ1) is 13.7. The minimum Gasteiger partial charge on any atom is -0.508 e. The van der Waals surface area contributed by atoms with Crippen molar-refractivity contribution in [2.45, 2.75) is 40.0 Å². The molecule has 0 radical (unpaired) electrons. The highest BCUT2D eigenvalue weighted by Gasteiger charge is 2.23. The van der Waals surface area contributed by atoms with E-state index < -0.39 is 5.41 Å². The third kappa shape index (κ3) is 9.60. The van der Waals surface area contributed by atoms with E-state index in [0.717, 1.165) is 11.1 Å². The molecule has 0 aliphatic heterocycles. The average Bonchev–Trinajstić information content (AvgIpc) is 2.67. The van der Waals surface area contributed by atoms with Crippen molar-refractivity contribution in [2.75, 3.05) is 6.61 Å². The lowest BCUT2D eigenvalue weighted by Gasteiger charge is -2.16. The molecule has 5 heteroatoms. The van der Waals surface area contributed by atoms with Crippen molar-refractivity contribution < 1.29 is 24.2 Å². The van der Waals surface area contributed by atoms with Crippen molar-refractivity contribution in [3.63, 3.8) is 0 Å². The highest BCUT2D eigenvalue weighted by atomic mass is 16.5. The zero-order chi connectivity index (χ0) is 21.9. The highest BCUT2D eigenvalue weighted by Crippen LogP contribution is 2.18. The molecule has 0 spiro atoms. The first-order valence-electron chi connectivity index (χ1n) is 9.47. The van der Waals surface area contributed by atoms with Gasteiger partial charge in [0.2, 0.25) is 0 Å². The smallest absolute Gasteiger partial charge is 0.316 e. The van der Waals surface area contributed by atoms with Crippen LogP contribution >= 0.6 is 0 Å². The highest BCUT2D eigenvalue weighted by molar-refractivity contribution is 5.76. The number of esters is 2. The fourth-order valence-corrected chi connectivity index (χ4v) is 2.11. The molecule has 29 heavy (non-hydrogen) atoms. The summed E-state index contributed by atoms with van der Waals surface area (Å²) in [6, 6.07) is 6.78. The molecule has 0 saturated carbocycles. The van der Waals surface area contributed by atoms with Gasteiger partial charge in [0.1, 0.15) is 11.5 Å². The second kappa shape index (κ2) is 11.7. The van der Waals surface area contributed by atoms with Crippen molar-refractivity contribution in [1.29, 1.82) is 0 Å². The number of allylic oxidation sites excluding steroid dienone is 5. The lowest BCUT2D eigenvalue weighted by molar-refractivity contribution is -0.148. The molecular weight excluding hydrogens is 368 g/mol. The Morgan fingerprint density at radius 2 is 1.69 bits per heavy atom. The van der Waals surface area contributed by atoms with E-state index in [4.69, 9.17) is 9.47 Å². The van der Waals surface area contributed by atoms with E-state index in [9.17, 15) is 14.7 Å². The van der Waals surface area contributed by atoms with E-state index in [-0.39, 0.29) is 30.7 Å². The van der Waals surface area contributed by atoms with E-state index >= 15 is 0 Å². The zero-order valence-corrected chi connectivity index (χ0v) is 17.4. The Morgan fingerprint density at radius 1 is 1.03 bits per heavy atom. The summed E-state index contributed by atoms with van der Waals surface area (Å²) in [4.78, 5) is 23.9. The number of aromatic hydroxyl groups is 1. The minimum atomic E-state index is -0.614. The maximum absolute atomic E-state index is 12.0. The van der Waals surface area contributed by atoms with Gasteiger partial charge in [0, 0.05) is 12.8 Å². The summed E-state index contributed by atoms with van der Waals surface area (Å²) in [7, 11) is 0. The molecule has 0 atom stereocenters. The van der Waals surface area contributed by atoms with Crippen LogP contribution in [0.3, 0.4) is 0 Å². The lowest BCUT2D eigenvalue weighted by Crippen LogP contribution is -2.22. The predicted molar refractivity (Wildman–Crippen MR) is 114 cm³/mol. The number of ether oxygens (including phenoxy) is 2. The molecule has 5 nitrogen and oxygen atoms in total. The summed E-state index contributed by atoms with van der Waals surface area (Å²) in [6.45, 7) is 13.0. The molecule has 0 unspecified atom stereocenters. The Balaban J connectivity index is 2.50. The molecule has 0 bridgehead atoms. The van der Waals surface area contributed by atoms with Crippen LogP contribution in [0.1, 0.15) is 39.2 Å². The van der Waals surface area contributed by atoms with Crippen LogP contribution in [0, 0.1) is 5.41 Å². The molecule has 1 aromatic carbocycles. The Bertz CT molecular complexity index is 776. The van der Waals surface area contributed by atoms with Crippen LogP contribution < -0.4 is 0 Å². The lowest BCUT2D eigenvalue weighted by atomic mass is 9.97. The largest absolute Gasteiger partial charge is 0.508 e. The Hall–Kier alpha value is -3.08. The van der Waals surface area contributed by atoms with Gasteiger partial charge in [-0.15, -0.1) is 0 Å². The van der Waals surface area contributed by atoms with Crippen molar-refractivity contribution in [1.82, 2.24) is 0 Å². The van der Waals surface area contributed by atoms with E-state index in [0.29, 0.717) is 18.6 Å². The van der Waals surface area contributed by atoms with Gasteiger partial charge in [-0.05, 0) is 62.6 Å². The maximum atomic E-state index is 12.0. The van der Waals surface area contributed by atoms with Gasteiger partial charge in [-0.2, -0.15) is 0 Å². The number of carbonyl (C=O) groups is 2. The molecule has 0 fully saturated rings. The molecule has 0 amide bonds. The van der Waals surface area contributed by atoms with Gasteiger partial charge in [0.05, 0.1) is 12.0 Å². The molecule has 0 aromatic heterocycles. The number of hydrogen-bond donors (Lipinski definition) is 1. The summed E-state index contributed by atoms with van der Waals surface area (Å²) in [5.74, 6) is -0.116. The number of benzene rings is 1. The summed E-state index contributed by atoms with van der Waals surface area (Å²) in [5, 5.41) is 9.26. The van der Waals surface area contributed by atoms with Gasteiger partial charge in [-0.25, -0.2) is 0 Å². The number of carbonyl (C=O) groups excluding carboxylic acids is 2. The van der Waals surface area contributed by atoms with Crippen molar-refractivity contribution in [3.05, 3.63) is 78.6 Å². The van der Waals surface area contributed by atoms with Crippen LogP contribution in [-0.4, -0.2) is 23.7 Å². The molecule has 156 valence electrons. The Kier molecular flexibility index (Phi) is 9.66. The third-order valence-electron chi connectivity index (χ3n) is 3.96. The van der Waals surface area contributed by atoms with Gasteiger partial charge in [-0.3, -0.25) is 9.59 Å². The predicted octanol–water partition coefficient (Wildman–Crippen LogP) is 5.03. The zero-order valence-electron chi connectivity index (χ0n) is 17.4. The molecule has 0 saturated heterocycles. The molecular formula is C24H30O5. The molecule has 1 aromatic rings. The quantitative estimate of drug-likeness (QED) is 0.340. The third-order valence-corrected chi connectivity index (χ3v) is 3.96. The van der Waals surface area contributed by atoms with E-state index in [1.165, 1.54) is 6.08 Å². The van der Waals surface area contributed by atoms with Crippen LogP contribution in [0.2, 0.25) is 0 Å². The Morgan fingerprint density at radius 3 is 2.24 bits per heavy atom. The standard InChI is InChI=1S/C24H30O5/c1-6-18(10-14-21(7-2)29-23(27)24(3,4)5)11-15-22(26)28-17-16-19-8-12-20(25)13-9-19/h6-10,12-14,25H,1-2,11,15-17H2,3-5H3/b18-10+,21-14+. The van der Waals surface area contributed by atoms with Crippen molar-refractivity contribution >= 4 is 11.9 Å². The number of phenolic OH excluding ortho intramolecular Hbond substituents is 1. The van der Waals surface area contributed by atoms with E-state index in [1.807, 2.05) is 0 Å². The number of phenols is 1. The topological polar surface area (TPSA) is 72.8 Å². The van der Waals surface area contributed by atoms with Crippen molar-refractivity contribution in [2.24, 2.45) is 5.41 Å². The molecule has 1 N–H and O–H groups in total.